The average molecular weight is 330 g/mol. The molecule has 4 heteroatoms. The van der Waals surface area contributed by atoms with Crippen molar-refractivity contribution in [2.45, 2.75) is 6.92 Å². The molecule has 0 aliphatic carbocycles. The molecule has 0 bridgehead atoms. The summed E-state index contributed by atoms with van der Waals surface area (Å²) in [5, 5.41) is 1.12. The topological polar surface area (TPSA) is 30.2 Å². The number of esters is 1. The number of aryl methyl sites for hydroxylation is 1. The highest BCUT2D eigenvalue weighted by Crippen LogP contribution is 2.17. The number of aromatic nitrogens is 1. The van der Waals surface area contributed by atoms with Gasteiger partial charge in [0.25, 0.3) is 0 Å². The molecule has 0 aliphatic rings. The van der Waals surface area contributed by atoms with Crippen molar-refractivity contribution in [3.63, 3.8) is 0 Å². The fraction of sp³-hybridized carbons (Fsp3) is 0.167. The normalized spacial score (nSPS) is 9.62. The molecule has 0 fully saturated rings. The highest BCUT2D eigenvalue weighted by atomic mass is 127. The summed E-state index contributed by atoms with van der Waals surface area (Å²) >= 11 is 0. The molecular formula is C12H13INO2+. The summed E-state index contributed by atoms with van der Waals surface area (Å²) in [5.74, 6) is 0.282. The second-order valence-electron chi connectivity index (χ2n) is 3.43. The highest BCUT2D eigenvalue weighted by molar-refractivity contribution is 14.0. The van der Waals surface area contributed by atoms with Gasteiger partial charge in [0, 0.05) is 18.4 Å². The van der Waals surface area contributed by atoms with Gasteiger partial charge in [-0.05, 0) is 18.2 Å². The van der Waals surface area contributed by atoms with Gasteiger partial charge in [-0.2, -0.15) is 0 Å². The standard InChI is InChI=1S/C12H12NO2.HI/c1-9(14)15-11-6-5-10-4-3-7-13(2)12(10)8-11;/h3-8H,1-2H3;1H/q+1;. The molecule has 0 unspecified atom stereocenters. The third kappa shape index (κ3) is 2.69. The second-order valence-corrected chi connectivity index (χ2v) is 3.43. The van der Waals surface area contributed by atoms with Gasteiger partial charge < -0.3 is 4.74 Å². The van der Waals surface area contributed by atoms with Crippen LogP contribution in [0, 0.1) is 0 Å². The van der Waals surface area contributed by atoms with E-state index in [1.54, 1.807) is 6.07 Å². The van der Waals surface area contributed by atoms with Crippen molar-refractivity contribution in [1.29, 1.82) is 0 Å². The molecule has 2 rings (SSSR count). The minimum Gasteiger partial charge on any atom is -0.426 e. The van der Waals surface area contributed by atoms with Crippen LogP contribution in [0.1, 0.15) is 6.92 Å². The molecule has 0 amide bonds. The molecule has 0 aliphatic heterocycles. The number of ether oxygens (including phenoxy) is 1. The van der Waals surface area contributed by atoms with Gasteiger partial charge in [-0.1, -0.05) is 0 Å². The van der Waals surface area contributed by atoms with Crippen molar-refractivity contribution in [2.75, 3.05) is 0 Å². The largest absolute Gasteiger partial charge is 0.426 e. The number of carbonyl (C=O) groups excluding carboxylic acids is 1. The first kappa shape index (κ1) is 12.9. The van der Waals surface area contributed by atoms with Crippen LogP contribution in [0.4, 0.5) is 0 Å². The SMILES string of the molecule is CC(=O)Oc1ccc2ccc[n+](C)c2c1.I. The molecule has 2 aromatic rings. The molecule has 3 nitrogen and oxygen atoms in total. The zero-order valence-corrected chi connectivity index (χ0v) is 11.5. The Labute approximate surface area is 111 Å². The Hall–Kier alpha value is -1.17. The van der Waals surface area contributed by atoms with Crippen molar-refractivity contribution in [2.24, 2.45) is 7.05 Å². The van der Waals surface area contributed by atoms with E-state index in [2.05, 4.69) is 0 Å². The minimum atomic E-state index is -0.298. The molecule has 0 saturated carbocycles. The summed E-state index contributed by atoms with van der Waals surface area (Å²) in [4.78, 5) is 10.8. The lowest BCUT2D eigenvalue weighted by Crippen LogP contribution is -2.27. The monoisotopic (exact) mass is 330 g/mol. The molecule has 16 heavy (non-hydrogen) atoms. The van der Waals surface area contributed by atoms with Crippen LogP contribution >= 0.6 is 24.0 Å². The number of halogens is 1. The lowest BCUT2D eigenvalue weighted by atomic mass is 10.2. The Morgan fingerprint density at radius 2 is 2.06 bits per heavy atom. The van der Waals surface area contributed by atoms with Crippen LogP contribution in [-0.4, -0.2) is 5.97 Å². The van der Waals surface area contributed by atoms with Gasteiger partial charge in [-0.15, -0.1) is 24.0 Å². The van der Waals surface area contributed by atoms with Crippen LogP contribution in [0.3, 0.4) is 0 Å². The smallest absolute Gasteiger partial charge is 0.308 e. The highest BCUT2D eigenvalue weighted by Gasteiger charge is 2.06. The predicted molar refractivity (Wildman–Crippen MR) is 71.8 cm³/mol. The van der Waals surface area contributed by atoms with Gasteiger partial charge >= 0.3 is 5.97 Å². The lowest BCUT2D eigenvalue weighted by molar-refractivity contribution is -0.644. The molecular weight excluding hydrogens is 317 g/mol. The van der Waals surface area contributed by atoms with Gasteiger partial charge in [-0.3, -0.25) is 4.79 Å². The number of nitrogens with zero attached hydrogens (tertiary/aromatic N) is 1. The van der Waals surface area contributed by atoms with E-state index in [0.717, 1.165) is 10.9 Å². The number of pyridine rings is 1. The first-order valence-corrected chi connectivity index (χ1v) is 4.73. The summed E-state index contributed by atoms with van der Waals surface area (Å²) < 4.78 is 7.01. The van der Waals surface area contributed by atoms with Crippen LogP contribution < -0.4 is 9.30 Å². The Bertz CT molecular complexity index is 525. The zero-order valence-electron chi connectivity index (χ0n) is 9.14. The van der Waals surface area contributed by atoms with Crippen molar-refractivity contribution in [3.05, 3.63) is 36.5 Å². The van der Waals surface area contributed by atoms with E-state index in [1.165, 1.54) is 6.92 Å². The number of benzene rings is 1. The Morgan fingerprint density at radius 1 is 1.31 bits per heavy atom. The van der Waals surface area contributed by atoms with Gasteiger partial charge in [0.1, 0.15) is 12.8 Å². The van der Waals surface area contributed by atoms with E-state index < -0.39 is 0 Å². The first-order chi connectivity index (χ1) is 7.16. The Balaban J connectivity index is 0.00000128. The summed E-state index contributed by atoms with van der Waals surface area (Å²) in [6.45, 7) is 1.40. The molecule has 0 radical (unpaired) electrons. The molecule has 1 aromatic heterocycles. The fourth-order valence-corrected chi connectivity index (χ4v) is 1.56. The Morgan fingerprint density at radius 3 is 2.75 bits per heavy atom. The van der Waals surface area contributed by atoms with Crippen LogP contribution in [0.25, 0.3) is 10.9 Å². The third-order valence-electron chi connectivity index (χ3n) is 2.23. The molecule has 0 saturated heterocycles. The number of fused-ring (bicyclic) bond motifs is 1. The average Bonchev–Trinajstić information content (AvgIpc) is 2.18. The van der Waals surface area contributed by atoms with Gasteiger partial charge in [-0.25, -0.2) is 4.57 Å². The van der Waals surface area contributed by atoms with E-state index in [4.69, 9.17) is 4.74 Å². The van der Waals surface area contributed by atoms with Gasteiger partial charge in [0.15, 0.2) is 6.20 Å². The first-order valence-electron chi connectivity index (χ1n) is 4.73. The predicted octanol–water partition coefficient (Wildman–Crippen LogP) is 2.21. The van der Waals surface area contributed by atoms with Crippen LogP contribution in [-0.2, 0) is 11.8 Å². The molecule has 0 N–H and O–H groups in total. The maximum absolute atomic E-state index is 10.8. The minimum absolute atomic E-state index is 0. The van der Waals surface area contributed by atoms with Crippen LogP contribution in [0.15, 0.2) is 36.5 Å². The fourth-order valence-electron chi connectivity index (χ4n) is 1.56. The Kier molecular flexibility index (Phi) is 4.23. The van der Waals surface area contributed by atoms with Crippen molar-refractivity contribution in [1.82, 2.24) is 0 Å². The third-order valence-corrected chi connectivity index (χ3v) is 2.23. The van der Waals surface area contributed by atoms with Crippen LogP contribution in [0.5, 0.6) is 5.75 Å². The second kappa shape index (κ2) is 5.25. The van der Waals surface area contributed by atoms with Crippen LogP contribution in [0.2, 0.25) is 0 Å². The number of carbonyl (C=O) groups is 1. The molecule has 0 atom stereocenters. The number of rotatable bonds is 1. The molecule has 84 valence electrons. The molecule has 1 heterocycles. The van der Waals surface area contributed by atoms with E-state index in [9.17, 15) is 4.79 Å². The maximum Gasteiger partial charge on any atom is 0.308 e. The molecule has 1 aromatic carbocycles. The van der Waals surface area contributed by atoms with E-state index in [0.29, 0.717) is 5.75 Å². The number of hydrogen-bond donors (Lipinski definition) is 0. The quantitative estimate of drug-likeness (QED) is 0.347. The van der Waals surface area contributed by atoms with Crippen molar-refractivity contribution < 1.29 is 14.1 Å². The summed E-state index contributed by atoms with van der Waals surface area (Å²) in [7, 11) is 1.96. The number of hydrogen-bond acceptors (Lipinski definition) is 2. The maximum atomic E-state index is 10.8. The van der Waals surface area contributed by atoms with Crippen molar-refractivity contribution in [3.8, 4) is 5.75 Å². The summed E-state index contributed by atoms with van der Waals surface area (Å²) in [6.07, 6.45) is 1.96. The van der Waals surface area contributed by atoms with E-state index >= 15 is 0 Å². The van der Waals surface area contributed by atoms with E-state index in [1.807, 2.05) is 42.1 Å². The lowest BCUT2D eigenvalue weighted by Gasteiger charge is -2.01. The molecule has 0 spiro atoms. The zero-order chi connectivity index (χ0) is 10.8. The summed E-state index contributed by atoms with van der Waals surface area (Å²) in [6, 6.07) is 9.59. The van der Waals surface area contributed by atoms with Gasteiger partial charge in [0.2, 0.25) is 5.52 Å². The van der Waals surface area contributed by atoms with E-state index in [-0.39, 0.29) is 29.9 Å². The van der Waals surface area contributed by atoms with Gasteiger partial charge in [0.05, 0.1) is 6.07 Å². The summed E-state index contributed by atoms with van der Waals surface area (Å²) in [5.41, 5.74) is 1.04. The van der Waals surface area contributed by atoms with Crippen molar-refractivity contribution >= 4 is 40.8 Å².